The lowest BCUT2D eigenvalue weighted by Crippen LogP contribution is -2.98. The first-order chi connectivity index (χ1) is 13.4. The molecule has 3 rings (SSSR count). The molecular weight excluding hydrogens is 400 g/mol. The van der Waals surface area contributed by atoms with Crippen molar-refractivity contribution in [3.05, 3.63) is 34.9 Å². The van der Waals surface area contributed by atoms with Gasteiger partial charge in [-0.3, -0.25) is 14.5 Å². The van der Waals surface area contributed by atoms with Crippen molar-refractivity contribution in [3.8, 4) is 0 Å². The van der Waals surface area contributed by atoms with Crippen LogP contribution in [0.25, 0.3) is 0 Å². The van der Waals surface area contributed by atoms with Crippen molar-refractivity contribution in [2.75, 3.05) is 25.2 Å². The average molecular weight is 426 g/mol. The van der Waals surface area contributed by atoms with E-state index in [4.69, 9.17) is 16.3 Å². The fourth-order valence-corrected chi connectivity index (χ4v) is 5.22. The zero-order valence-corrected chi connectivity index (χ0v) is 17.9. The predicted octanol–water partition coefficient (Wildman–Crippen LogP) is 1.63. The van der Waals surface area contributed by atoms with E-state index in [0.29, 0.717) is 23.7 Å². The van der Waals surface area contributed by atoms with Gasteiger partial charge in [-0.05, 0) is 38.0 Å². The Morgan fingerprint density at radius 1 is 1.25 bits per heavy atom. The number of carbonyl (C=O) groups excluding carboxylic acids is 3. The average Bonchev–Trinajstić information content (AvgIpc) is 3.15. The number of carbonyl (C=O) groups is 3. The molecule has 2 aliphatic heterocycles. The number of quaternary nitrogens is 1. The van der Waals surface area contributed by atoms with Crippen molar-refractivity contribution < 1.29 is 24.4 Å². The van der Waals surface area contributed by atoms with Crippen LogP contribution in [0.15, 0.2) is 24.3 Å². The van der Waals surface area contributed by atoms with Crippen molar-refractivity contribution >= 4 is 41.1 Å². The summed E-state index contributed by atoms with van der Waals surface area (Å²) in [4.78, 5) is 40.7. The predicted molar refractivity (Wildman–Crippen MR) is 108 cm³/mol. The van der Waals surface area contributed by atoms with E-state index in [0.717, 1.165) is 5.56 Å². The van der Waals surface area contributed by atoms with Gasteiger partial charge in [0.05, 0.1) is 6.61 Å². The number of nitrogens with two attached hydrogens (primary N) is 1. The molecule has 28 heavy (non-hydrogen) atoms. The number of rotatable bonds is 7. The van der Waals surface area contributed by atoms with Gasteiger partial charge in [0.25, 0.3) is 0 Å². The molecule has 0 spiro atoms. The molecule has 1 aromatic rings. The van der Waals surface area contributed by atoms with Gasteiger partial charge in [0.15, 0.2) is 0 Å². The molecule has 2 amide bonds. The molecule has 1 aromatic carbocycles. The number of benzene rings is 1. The van der Waals surface area contributed by atoms with Crippen LogP contribution in [-0.4, -0.2) is 53.4 Å². The second-order valence-corrected chi connectivity index (χ2v) is 8.59. The molecule has 0 aliphatic carbocycles. The highest BCUT2D eigenvalue weighted by atomic mass is 35.5. The van der Waals surface area contributed by atoms with Crippen molar-refractivity contribution in [3.63, 3.8) is 0 Å². The topological polar surface area (TPSA) is 80.3 Å². The molecule has 0 unspecified atom stereocenters. The Morgan fingerprint density at radius 3 is 2.50 bits per heavy atom. The third-order valence-electron chi connectivity index (χ3n) is 5.81. The zero-order chi connectivity index (χ0) is 20.5. The summed E-state index contributed by atoms with van der Waals surface area (Å²) in [6, 6.07) is 6.93. The third kappa shape index (κ3) is 3.33. The molecule has 2 N–H and O–H groups in total. The van der Waals surface area contributed by atoms with E-state index in [1.165, 1.54) is 4.90 Å². The number of fused-ring (bicyclic) bond motifs is 1. The van der Waals surface area contributed by atoms with Crippen LogP contribution >= 0.6 is 23.4 Å². The number of ether oxygens (including phenoxy) is 1. The zero-order valence-electron chi connectivity index (χ0n) is 16.3. The van der Waals surface area contributed by atoms with Crippen LogP contribution in [0.3, 0.4) is 0 Å². The minimum absolute atomic E-state index is 0.205. The molecule has 2 fully saturated rings. The maximum Gasteiger partial charge on any atom is 0.368 e. The summed E-state index contributed by atoms with van der Waals surface area (Å²) in [5.41, 5.74) is -0.209. The van der Waals surface area contributed by atoms with Crippen LogP contribution in [0.2, 0.25) is 5.02 Å². The maximum atomic E-state index is 13.2. The van der Waals surface area contributed by atoms with Crippen LogP contribution in [0.4, 0.5) is 0 Å². The quantitative estimate of drug-likeness (QED) is 0.530. The lowest BCUT2D eigenvalue weighted by atomic mass is 9.78. The molecule has 6 nitrogen and oxygen atoms in total. The van der Waals surface area contributed by atoms with Gasteiger partial charge >= 0.3 is 5.97 Å². The summed E-state index contributed by atoms with van der Waals surface area (Å²) in [5, 5.41) is 2.50. The molecule has 2 aliphatic rings. The van der Waals surface area contributed by atoms with Crippen molar-refractivity contribution in [1.29, 1.82) is 0 Å². The Morgan fingerprint density at radius 2 is 1.93 bits per heavy atom. The first kappa shape index (κ1) is 21.1. The van der Waals surface area contributed by atoms with Gasteiger partial charge in [0.2, 0.25) is 17.4 Å². The van der Waals surface area contributed by atoms with Gasteiger partial charge in [-0.15, -0.1) is 0 Å². The van der Waals surface area contributed by atoms with Crippen LogP contribution in [-0.2, 0) is 19.1 Å². The summed E-state index contributed by atoms with van der Waals surface area (Å²) in [6.45, 7) is 4.07. The highest BCUT2D eigenvalue weighted by Gasteiger charge is 2.72. The highest BCUT2D eigenvalue weighted by Crippen LogP contribution is 2.46. The molecule has 2 saturated heterocycles. The number of thioether (sulfide) groups is 1. The van der Waals surface area contributed by atoms with E-state index in [9.17, 15) is 14.4 Å². The Bertz CT molecular complexity index is 772. The number of halogens is 1. The van der Waals surface area contributed by atoms with Gasteiger partial charge in [0.1, 0.15) is 17.9 Å². The smallest absolute Gasteiger partial charge is 0.368 e. The third-order valence-corrected chi connectivity index (χ3v) is 6.67. The van der Waals surface area contributed by atoms with Crippen molar-refractivity contribution in [2.45, 2.75) is 31.8 Å². The monoisotopic (exact) mass is 425 g/mol. The molecule has 0 aromatic heterocycles. The summed E-state index contributed by atoms with van der Waals surface area (Å²) >= 11 is 7.64. The highest BCUT2D eigenvalue weighted by molar-refractivity contribution is 7.98. The molecule has 2 heterocycles. The van der Waals surface area contributed by atoms with E-state index >= 15 is 0 Å². The minimum atomic E-state index is -1.09. The van der Waals surface area contributed by atoms with Crippen LogP contribution in [0.5, 0.6) is 0 Å². The first-order valence-corrected chi connectivity index (χ1v) is 11.3. The lowest BCUT2D eigenvalue weighted by Gasteiger charge is -2.29. The van der Waals surface area contributed by atoms with Gasteiger partial charge < -0.3 is 10.1 Å². The Hall–Kier alpha value is -1.57. The maximum absolute atomic E-state index is 13.2. The van der Waals surface area contributed by atoms with E-state index in [1.54, 1.807) is 37.7 Å². The second kappa shape index (κ2) is 8.43. The Labute approximate surface area is 174 Å². The molecule has 4 atom stereocenters. The number of hydrogen-bond donors (Lipinski definition) is 1. The van der Waals surface area contributed by atoms with E-state index in [2.05, 4.69) is 0 Å². The number of imide groups is 1. The van der Waals surface area contributed by atoms with Crippen LogP contribution in [0, 0.1) is 11.8 Å². The molecule has 8 heteroatoms. The molecular formula is C20H26ClN2O4S+. The summed E-state index contributed by atoms with van der Waals surface area (Å²) < 4.78 is 5.41. The summed E-state index contributed by atoms with van der Waals surface area (Å²) in [7, 11) is 0. The Kier molecular flexibility index (Phi) is 6.37. The van der Waals surface area contributed by atoms with Gasteiger partial charge in [0, 0.05) is 23.6 Å². The molecule has 0 bridgehead atoms. The minimum Gasteiger partial charge on any atom is -0.461 e. The van der Waals surface area contributed by atoms with E-state index < -0.39 is 23.3 Å². The second-order valence-electron chi connectivity index (χ2n) is 7.17. The van der Waals surface area contributed by atoms with Crippen molar-refractivity contribution in [2.24, 2.45) is 11.8 Å². The Balaban J connectivity index is 2.11. The number of nitrogens with zero attached hydrogens (tertiary/aromatic N) is 1. The van der Waals surface area contributed by atoms with Gasteiger partial charge in [-0.25, -0.2) is 4.79 Å². The van der Waals surface area contributed by atoms with Crippen LogP contribution < -0.4 is 5.32 Å². The lowest BCUT2D eigenvalue weighted by molar-refractivity contribution is -0.734. The number of amides is 2. The van der Waals surface area contributed by atoms with E-state index in [1.807, 2.05) is 23.7 Å². The summed E-state index contributed by atoms with van der Waals surface area (Å²) in [5.74, 6) is -1.48. The molecule has 0 radical (unpaired) electrons. The number of hydrogen-bond acceptors (Lipinski definition) is 5. The largest absolute Gasteiger partial charge is 0.461 e. The standard InChI is InChI=1S/C20H25ClN2O4S/c1-4-23-17(24)14-15(18(23)25)20(10-11-28-3,19(26)27-5-2)22-16(14)12-6-8-13(21)9-7-12/h6-9,14-16,22H,4-5,10-11H2,1-3H3/p+1/t14-,15-,16+,20+/m0/s1. The molecule has 0 saturated carbocycles. The summed E-state index contributed by atoms with van der Waals surface area (Å²) in [6.07, 6.45) is 2.43. The van der Waals surface area contributed by atoms with Crippen LogP contribution in [0.1, 0.15) is 31.9 Å². The number of esters is 1. The fourth-order valence-electron chi connectivity index (χ4n) is 4.55. The SMILES string of the molecule is CCOC(=O)[C@]1(CCSC)[NH2+][C@H](c2ccc(Cl)cc2)[C@H]2C(=O)N(CC)C(=O)[C@H]21. The van der Waals surface area contributed by atoms with E-state index in [-0.39, 0.29) is 24.5 Å². The number of likely N-dealkylation sites (tertiary alicyclic amines) is 1. The van der Waals surface area contributed by atoms with Crippen molar-refractivity contribution in [1.82, 2.24) is 4.90 Å². The molecule has 152 valence electrons. The van der Waals surface area contributed by atoms with Gasteiger partial charge in [-0.1, -0.05) is 23.7 Å². The first-order valence-electron chi connectivity index (χ1n) is 9.54. The van der Waals surface area contributed by atoms with Gasteiger partial charge in [-0.2, -0.15) is 11.8 Å². The fraction of sp³-hybridized carbons (Fsp3) is 0.550. The normalized spacial score (nSPS) is 29.3.